The number of carbonyl (C=O) groups excluding carboxylic acids is 1. The largest absolute Gasteiger partial charge is 0.350 e. The molecule has 5 rings (SSSR count). The molecule has 3 aromatic carbocycles. The predicted octanol–water partition coefficient (Wildman–Crippen LogP) is 4.81. The Bertz CT molecular complexity index is 1580. The van der Waals surface area contributed by atoms with E-state index in [9.17, 15) is 9.59 Å². The van der Waals surface area contributed by atoms with Crippen LogP contribution in [-0.2, 0) is 13.5 Å². The molecule has 0 saturated heterocycles. The van der Waals surface area contributed by atoms with Crippen LogP contribution >= 0.6 is 11.6 Å². The van der Waals surface area contributed by atoms with Gasteiger partial charge in [-0.15, -0.1) is 0 Å². The van der Waals surface area contributed by atoms with Gasteiger partial charge in [0.15, 0.2) is 5.69 Å². The van der Waals surface area contributed by atoms with Crippen LogP contribution in [0, 0.1) is 6.92 Å². The molecule has 6 nitrogen and oxygen atoms in total. The summed E-state index contributed by atoms with van der Waals surface area (Å²) >= 11 is 5.96. The monoisotopic (exact) mass is 470 g/mol. The maximum atomic E-state index is 13.5. The lowest BCUT2D eigenvalue weighted by Crippen LogP contribution is -2.31. The van der Waals surface area contributed by atoms with E-state index in [0.29, 0.717) is 34.6 Å². The van der Waals surface area contributed by atoms with E-state index < -0.39 is 0 Å². The summed E-state index contributed by atoms with van der Waals surface area (Å²) in [6, 6.07) is 22.7. The Balaban J connectivity index is 1.61. The van der Waals surface area contributed by atoms with E-state index in [1.54, 1.807) is 0 Å². The first kappa shape index (κ1) is 21.9. The lowest BCUT2D eigenvalue weighted by Gasteiger charge is -2.11. The number of carbonyl (C=O) groups is 1. The zero-order valence-electron chi connectivity index (χ0n) is 18.9. The van der Waals surface area contributed by atoms with Gasteiger partial charge in [-0.3, -0.25) is 9.59 Å². The van der Waals surface area contributed by atoms with Crippen LogP contribution < -0.4 is 10.9 Å². The molecule has 0 radical (unpaired) electrons. The van der Waals surface area contributed by atoms with E-state index in [1.807, 2.05) is 91.3 Å². The highest BCUT2D eigenvalue weighted by molar-refractivity contribution is 6.30. The highest BCUT2D eigenvalue weighted by Gasteiger charge is 2.23. The second kappa shape index (κ2) is 8.80. The van der Waals surface area contributed by atoms with Crippen LogP contribution in [0.25, 0.3) is 27.5 Å². The maximum absolute atomic E-state index is 13.5. The number of benzene rings is 3. The summed E-state index contributed by atoms with van der Waals surface area (Å²) in [5, 5.41) is 9.60. The van der Waals surface area contributed by atoms with E-state index in [0.717, 1.165) is 22.0 Å². The first-order chi connectivity index (χ1) is 16.4. The van der Waals surface area contributed by atoms with Crippen molar-refractivity contribution < 1.29 is 4.79 Å². The fourth-order valence-electron chi connectivity index (χ4n) is 4.25. The van der Waals surface area contributed by atoms with Crippen LogP contribution in [-0.4, -0.2) is 26.8 Å². The van der Waals surface area contributed by atoms with Gasteiger partial charge in [0.05, 0.1) is 5.69 Å². The van der Waals surface area contributed by atoms with Crippen molar-refractivity contribution in [3.63, 3.8) is 0 Å². The van der Waals surface area contributed by atoms with Gasteiger partial charge in [-0.2, -0.15) is 9.78 Å². The van der Waals surface area contributed by atoms with Gasteiger partial charge in [0, 0.05) is 34.9 Å². The smallest absolute Gasteiger partial charge is 0.296 e. The number of rotatable bonds is 5. The predicted molar refractivity (Wildman–Crippen MR) is 136 cm³/mol. The topological polar surface area (TPSA) is 68.9 Å². The van der Waals surface area contributed by atoms with Crippen LogP contribution in [0.3, 0.4) is 0 Å². The summed E-state index contributed by atoms with van der Waals surface area (Å²) in [5.74, 6) is -0.323. The van der Waals surface area contributed by atoms with Crippen molar-refractivity contribution in [2.24, 2.45) is 7.05 Å². The zero-order chi connectivity index (χ0) is 23.8. The number of amides is 1. The van der Waals surface area contributed by atoms with Gasteiger partial charge in [-0.1, -0.05) is 59.6 Å². The van der Waals surface area contributed by atoms with Gasteiger partial charge in [0.1, 0.15) is 5.52 Å². The van der Waals surface area contributed by atoms with E-state index in [1.165, 1.54) is 4.68 Å². The molecule has 0 aliphatic heterocycles. The summed E-state index contributed by atoms with van der Waals surface area (Å²) in [4.78, 5) is 26.9. The fraction of sp³-hybridized carbons (Fsp3) is 0.148. The summed E-state index contributed by atoms with van der Waals surface area (Å²) in [5.41, 5.74) is 4.02. The Morgan fingerprint density at radius 2 is 1.71 bits per heavy atom. The number of fused-ring (bicyclic) bond motifs is 3. The Kier molecular flexibility index (Phi) is 5.67. The average molecular weight is 471 g/mol. The Hall–Kier alpha value is -3.90. The second-order valence-electron chi connectivity index (χ2n) is 8.33. The minimum atomic E-state index is -0.323. The van der Waals surface area contributed by atoms with Crippen molar-refractivity contribution in [3.05, 3.63) is 105 Å². The molecule has 1 amide bonds. The number of nitrogens with zero attached hydrogens (tertiary/aromatic N) is 3. The highest BCUT2D eigenvalue weighted by atomic mass is 35.5. The molecule has 7 heteroatoms. The van der Waals surface area contributed by atoms with Gasteiger partial charge in [-0.05, 0) is 49.2 Å². The van der Waals surface area contributed by atoms with Crippen LogP contribution in [0.5, 0.6) is 0 Å². The molecule has 2 aromatic heterocycles. The molecule has 170 valence electrons. The molecule has 0 aliphatic rings. The number of hydrogen-bond donors (Lipinski definition) is 1. The van der Waals surface area contributed by atoms with Crippen molar-refractivity contribution in [1.82, 2.24) is 19.7 Å². The Labute approximate surface area is 201 Å². The van der Waals surface area contributed by atoms with Crippen LogP contribution in [0.1, 0.15) is 21.6 Å². The summed E-state index contributed by atoms with van der Waals surface area (Å²) in [6.07, 6.45) is 0.652. The molecule has 0 fully saturated rings. The molecule has 0 saturated carbocycles. The molecule has 1 N–H and O–H groups in total. The first-order valence-corrected chi connectivity index (χ1v) is 11.4. The van der Waals surface area contributed by atoms with Crippen molar-refractivity contribution in [2.75, 3.05) is 6.54 Å². The number of aryl methyl sites for hydroxylation is 2. The third-order valence-corrected chi connectivity index (χ3v) is 6.30. The van der Waals surface area contributed by atoms with E-state index >= 15 is 0 Å². The molecule has 0 spiro atoms. The minimum absolute atomic E-state index is 0.225. The maximum Gasteiger partial charge on any atom is 0.296 e. The normalized spacial score (nSPS) is 11.3. The second-order valence-corrected chi connectivity index (χ2v) is 8.77. The van der Waals surface area contributed by atoms with Crippen LogP contribution in [0.2, 0.25) is 5.02 Å². The van der Waals surface area contributed by atoms with Crippen molar-refractivity contribution in [2.45, 2.75) is 13.3 Å². The number of para-hydroxylation sites is 1. The van der Waals surface area contributed by atoms with Crippen LogP contribution in [0.15, 0.2) is 77.6 Å². The van der Waals surface area contributed by atoms with Crippen molar-refractivity contribution >= 4 is 39.3 Å². The molecule has 34 heavy (non-hydrogen) atoms. The Morgan fingerprint density at radius 1 is 1.00 bits per heavy atom. The standard InChI is InChI=1S/C27H23ClN4O2/c1-17-7-13-20(14-8-17)32-27(34)25-23(21-5-3-4-6-22(21)31(25)2)24(30-32)26(33)29-16-15-18-9-11-19(28)12-10-18/h3-14H,15-16H2,1-2H3,(H,29,33). The van der Waals surface area contributed by atoms with Gasteiger partial charge >= 0.3 is 0 Å². The molecule has 0 bridgehead atoms. The van der Waals surface area contributed by atoms with Crippen molar-refractivity contribution in [1.29, 1.82) is 0 Å². The molecule has 5 aromatic rings. The molecule has 0 aliphatic carbocycles. The van der Waals surface area contributed by atoms with Gasteiger partial charge < -0.3 is 9.88 Å². The number of halogens is 1. The van der Waals surface area contributed by atoms with E-state index in [-0.39, 0.29) is 17.2 Å². The lowest BCUT2D eigenvalue weighted by molar-refractivity contribution is 0.0949. The number of aromatic nitrogens is 3. The molecule has 0 unspecified atom stereocenters. The molecule has 2 heterocycles. The summed E-state index contributed by atoms with van der Waals surface area (Å²) < 4.78 is 3.15. The molecular formula is C27H23ClN4O2. The highest BCUT2D eigenvalue weighted by Crippen LogP contribution is 2.28. The van der Waals surface area contributed by atoms with E-state index in [2.05, 4.69) is 10.4 Å². The first-order valence-electron chi connectivity index (χ1n) is 11.0. The number of hydrogen-bond acceptors (Lipinski definition) is 3. The average Bonchev–Trinajstić information content (AvgIpc) is 3.14. The third-order valence-electron chi connectivity index (χ3n) is 6.04. The molecular weight excluding hydrogens is 448 g/mol. The Morgan fingerprint density at radius 3 is 2.44 bits per heavy atom. The minimum Gasteiger partial charge on any atom is -0.350 e. The summed E-state index contributed by atoms with van der Waals surface area (Å²) in [7, 11) is 1.84. The van der Waals surface area contributed by atoms with Gasteiger partial charge in [0.25, 0.3) is 11.5 Å². The van der Waals surface area contributed by atoms with E-state index in [4.69, 9.17) is 11.6 Å². The van der Waals surface area contributed by atoms with Gasteiger partial charge in [0.2, 0.25) is 0 Å². The third kappa shape index (κ3) is 3.86. The van der Waals surface area contributed by atoms with Crippen molar-refractivity contribution in [3.8, 4) is 5.69 Å². The zero-order valence-corrected chi connectivity index (χ0v) is 19.6. The lowest BCUT2D eigenvalue weighted by atomic mass is 10.1. The fourth-order valence-corrected chi connectivity index (χ4v) is 4.38. The summed E-state index contributed by atoms with van der Waals surface area (Å²) in [6.45, 7) is 2.41. The SMILES string of the molecule is Cc1ccc(-n2nc(C(=O)NCCc3ccc(Cl)cc3)c3c4ccccc4n(C)c3c2=O)cc1. The molecule has 0 atom stereocenters. The van der Waals surface area contributed by atoms with Crippen LogP contribution in [0.4, 0.5) is 0 Å². The van der Waals surface area contributed by atoms with Gasteiger partial charge in [-0.25, -0.2) is 0 Å². The number of nitrogens with one attached hydrogen (secondary N) is 1. The quantitative estimate of drug-likeness (QED) is 0.400.